The zero-order valence-corrected chi connectivity index (χ0v) is 13.6. The van der Waals surface area contributed by atoms with Gasteiger partial charge in [0.15, 0.2) is 0 Å². The lowest BCUT2D eigenvalue weighted by Crippen LogP contribution is -2.18. The Morgan fingerprint density at radius 2 is 1.88 bits per heavy atom. The largest absolute Gasteiger partial charge is 0.495 e. The number of nitrogens with one attached hydrogen (secondary N) is 1. The molecule has 0 saturated heterocycles. The predicted octanol–water partition coefficient (Wildman–Crippen LogP) is 4.57. The summed E-state index contributed by atoms with van der Waals surface area (Å²) < 4.78 is 50.3. The van der Waals surface area contributed by atoms with E-state index < -0.39 is 17.6 Å². The normalized spacial score (nSPS) is 15.2. The second-order valence-corrected chi connectivity index (χ2v) is 5.76. The second-order valence-electron chi connectivity index (χ2n) is 5.76. The van der Waals surface area contributed by atoms with E-state index in [0.717, 1.165) is 31.9 Å². The molecule has 25 heavy (non-hydrogen) atoms. The van der Waals surface area contributed by atoms with Gasteiger partial charge in [-0.25, -0.2) is 4.98 Å². The van der Waals surface area contributed by atoms with E-state index in [1.54, 1.807) is 24.3 Å². The van der Waals surface area contributed by atoms with Crippen molar-refractivity contribution in [3.8, 4) is 11.6 Å². The average molecular weight is 353 g/mol. The molecule has 1 saturated carbocycles. The number of ether oxygens (including phenoxy) is 2. The van der Waals surface area contributed by atoms with E-state index in [-0.39, 0.29) is 12.1 Å². The van der Waals surface area contributed by atoms with Crippen LogP contribution in [0.4, 0.5) is 24.8 Å². The summed E-state index contributed by atoms with van der Waals surface area (Å²) in [5.41, 5.74) is -0.415. The molecule has 0 radical (unpaired) electrons. The number of alkyl halides is 3. The van der Waals surface area contributed by atoms with Crippen LogP contribution in [0.25, 0.3) is 0 Å². The summed E-state index contributed by atoms with van der Waals surface area (Å²) in [7, 11) is 1.50. The van der Waals surface area contributed by atoms with Crippen LogP contribution in [-0.2, 0) is 6.18 Å². The molecule has 1 fully saturated rings. The number of aromatic nitrogens is 2. The van der Waals surface area contributed by atoms with E-state index in [0.29, 0.717) is 11.4 Å². The first-order valence-electron chi connectivity index (χ1n) is 7.98. The van der Waals surface area contributed by atoms with Crippen LogP contribution in [0.2, 0.25) is 0 Å². The molecule has 0 atom stereocenters. The van der Waals surface area contributed by atoms with Crippen LogP contribution in [0.5, 0.6) is 11.6 Å². The predicted molar refractivity (Wildman–Crippen MR) is 86.2 cm³/mol. The summed E-state index contributed by atoms with van der Waals surface area (Å²) in [6.45, 7) is 0. The number of benzene rings is 1. The molecule has 1 aliphatic carbocycles. The number of hydrogen-bond acceptors (Lipinski definition) is 5. The number of para-hydroxylation sites is 2. The number of hydrogen-bond donors (Lipinski definition) is 1. The highest BCUT2D eigenvalue weighted by molar-refractivity contribution is 5.62. The summed E-state index contributed by atoms with van der Waals surface area (Å²) >= 11 is 0. The van der Waals surface area contributed by atoms with Crippen molar-refractivity contribution in [2.45, 2.75) is 38.0 Å². The van der Waals surface area contributed by atoms with Gasteiger partial charge in [-0.05, 0) is 37.8 Å². The molecular weight excluding hydrogens is 335 g/mol. The van der Waals surface area contributed by atoms with Crippen molar-refractivity contribution in [2.24, 2.45) is 0 Å². The Bertz CT molecular complexity index is 731. The van der Waals surface area contributed by atoms with Gasteiger partial charge in [-0.3, -0.25) is 0 Å². The van der Waals surface area contributed by atoms with Gasteiger partial charge in [-0.2, -0.15) is 18.2 Å². The first kappa shape index (κ1) is 17.3. The highest BCUT2D eigenvalue weighted by atomic mass is 19.4. The third-order valence-corrected chi connectivity index (χ3v) is 3.99. The molecule has 0 spiro atoms. The maximum atomic E-state index is 13.2. The minimum absolute atomic E-state index is 0.0190. The van der Waals surface area contributed by atoms with Crippen molar-refractivity contribution in [2.75, 3.05) is 12.4 Å². The van der Waals surface area contributed by atoms with Gasteiger partial charge in [0.2, 0.25) is 11.8 Å². The van der Waals surface area contributed by atoms with Crippen LogP contribution in [0, 0.1) is 0 Å². The fourth-order valence-electron chi connectivity index (χ4n) is 2.74. The van der Waals surface area contributed by atoms with Gasteiger partial charge in [-0.1, -0.05) is 12.1 Å². The van der Waals surface area contributed by atoms with Gasteiger partial charge < -0.3 is 14.8 Å². The molecule has 0 unspecified atom stereocenters. The smallest absolute Gasteiger partial charge is 0.423 e. The first-order valence-corrected chi connectivity index (χ1v) is 7.98. The minimum Gasteiger partial charge on any atom is -0.495 e. The Kier molecular flexibility index (Phi) is 4.96. The summed E-state index contributed by atoms with van der Waals surface area (Å²) in [6.07, 6.45) is -0.707. The van der Waals surface area contributed by atoms with Crippen LogP contribution in [0.1, 0.15) is 31.2 Å². The molecule has 1 heterocycles. The Morgan fingerprint density at radius 1 is 1.16 bits per heavy atom. The minimum atomic E-state index is -4.57. The fraction of sp³-hybridized carbons (Fsp3) is 0.412. The standard InChI is InChI=1S/C17H18F3N3O2/c1-24-14-9-5-4-8-13(14)22-16-21-10-12(17(18,19)20)15(23-16)25-11-6-2-3-7-11/h4-5,8-11H,2-3,6-7H2,1H3,(H,21,22,23). The highest BCUT2D eigenvalue weighted by Gasteiger charge is 2.37. The zero-order valence-electron chi connectivity index (χ0n) is 13.6. The Morgan fingerprint density at radius 3 is 2.56 bits per heavy atom. The molecule has 3 rings (SSSR count). The van der Waals surface area contributed by atoms with E-state index in [9.17, 15) is 13.2 Å². The molecule has 8 heteroatoms. The van der Waals surface area contributed by atoms with Gasteiger partial charge in [0, 0.05) is 6.20 Å². The third kappa shape index (κ3) is 4.12. The van der Waals surface area contributed by atoms with E-state index in [2.05, 4.69) is 15.3 Å². The van der Waals surface area contributed by atoms with Crippen LogP contribution in [0.3, 0.4) is 0 Å². The quantitative estimate of drug-likeness (QED) is 0.853. The molecule has 0 aliphatic heterocycles. The summed E-state index contributed by atoms with van der Waals surface area (Å²) in [5.74, 6) is 0.113. The van der Waals surface area contributed by atoms with E-state index in [1.807, 2.05) is 0 Å². The molecule has 0 bridgehead atoms. The topological polar surface area (TPSA) is 56.3 Å². The third-order valence-electron chi connectivity index (χ3n) is 3.99. The Labute approximate surface area is 143 Å². The van der Waals surface area contributed by atoms with Crippen LogP contribution in [-0.4, -0.2) is 23.2 Å². The van der Waals surface area contributed by atoms with Crippen LogP contribution < -0.4 is 14.8 Å². The van der Waals surface area contributed by atoms with Crippen molar-refractivity contribution in [3.05, 3.63) is 36.0 Å². The Balaban J connectivity index is 1.90. The van der Waals surface area contributed by atoms with E-state index in [4.69, 9.17) is 9.47 Å². The molecule has 1 aromatic carbocycles. The fourth-order valence-corrected chi connectivity index (χ4v) is 2.74. The maximum absolute atomic E-state index is 13.2. The lowest BCUT2D eigenvalue weighted by molar-refractivity contribution is -0.139. The molecule has 1 aliphatic rings. The van der Waals surface area contributed by atoms with E-state index >= 15 is 0 Å². The van der Waals surface area contributed by atoms with E-state index in [1.165, 1.54) is 7.11 Å². The molecule has 0 amide bonds. The number of halogens is 3. The maximum Gasteiger partial charge on any atom is 0.423 e. The molecule has 2 aromatic rings. The SMILES string of the molecule is COc1ccccc1Nc1ncc(C(F)(F)F)c(OC2CCCC2)n1. The number of methoxy groups -OCH3 is 1. The van der Waals surface area contributed by atoms with Crippen molar-refractivity contribution in [1.82, 2.24) is 9.97 Å². The number of rotatable bonds is 5. The summed E-state index contributed by atoms with van der Waals surface area (Å²) in [6, 6.07) is 7.00. The monoisotopic (exact) mass is 353 g/mol. The van der Waals surface area contributed by atoms with Crippen molar-refractivity contribution >= 4 is 11.6 Å². The van der Waals surface area contributed by atoms with Gasteiger partial charge in [-0.15, -0.1) is 0 Å². The highest BCUT2D eigenvalue weighted by Crippen LogP contribution is 2.37. The molecule has 5 nitrogen and oxygen atoms in total. The van der Waals surface area contributed by atoms with Crippen molar-refractivity contribution in [3.63, 3.8) is 0 Å². The lowest BCUT2D eigenvalue weighted by Gasteiger charge is -2.18. The van der Waals surface area contributed by atoms with Gasteiger partial charge in [0.1, 0.15) is 17.4 Å². The molecule has 134 valence electrons. The van der Waals surface area contributed by atoms with Crippen molar-refractivity contribution in [1.29, 1.82) is 0 Å². The molecule has 1 N–H and O–H groups in total. The zero-order chi connectivity index (χ0) is 17.9. The van der Waals surface area contributed by atoms with Gasteiger partial charge in [0.25, 0.3) is 0 Å². The molecular formula is C17H18F3N3O2. The molecule has 1 aromatic heterocycles. The number of nitrogens with zero attached hydrogens (tertiary/aromatic N) is 2. The van der Waals surface area contributed by atoms with Crippen LogP contribution in [0.15, 0.2) is 30.5 Å². The average Bonchev–Trinajstić information content (AvgIpc) is 3.07. The van der Waals surface area contributed by atoms with Crippen molar-refractivity contribution < 1.29 is 22.6 Å². The summed E-state index contributed by atoms with van der Waals surface area (Å²) in [5, 5.41) is 2.87. The van der Waals surface area contributed by atoms with Gasteiger partial charge >= 0.3 is 6.18 Å². The lowest BCUT2D eigenvalue weighted by atomic mass is 10.3. The first-order chi connectivity index (χ1) is 12.0. The number of anilines is 2. The Hall–Kier alpha value is -2.51. The van der Waals surface area contributed by atoms with Crippen LogP contribution >= 0.6 is 0 Å². The second kappa shape index (κ2) is 7.16. The van der Waals surface area contributed by atoms with Gasteiger partial charge in [0.05, 0.1) is 12.8 Å². The summed E-state index contributed by atoms with van der Waals surface area (Å²) in [4.78, 5) is 7.73.